The van der Waals surface area contributed by atoms with Crippen molar-refractivity contribution in [2.24, 2.45) is 0 Å². The van der Waals surface area contributed by atoms with Crippen molar-refractivity contribution in [3.05, 3.63) is 53.7 Å². The van der Waals surface area contributed by atoms with Crippen molar-refractivity contribution in [1.29, 1.82) is 0 Å². The lowest BCUT2D eigenvalue weighted by molar-refractivity contribution is 0.152. The van der Waals surface area contributed by atoms with Crippen LogP contribution in [0.4, 0.5) is 17.6 Å². The molecule has 0 amide bonds. The highest BCUT2D eigenvalue weighted by Crippen LogP contribution is 2.31. The van der Waals surface area contributed by atoms with Crippen LogP contribution in [-0.2, 0) is 0 Å². The number of hydrogen-bond acceptors (Lipinski definition) is 1. The molecule has 88 valence electrons. The lowest BCUT2D eigenvalue weighted by Crippen LogP contribution is -1.96. The zero-order chi connectivity index (χ0) is 12.4. The zero-order valence-corrected chi connectivity index (χ0v) is 8.50. The number of hydrogen-bond donors (Lipinski definition) is 0. The van der Waals surface area contributed by atoms with Crippen molar-refractivity contribution < 1.29 is 17.6 Å². The molecule has 1 aromatic carbocycles. The summed E-state index contributed by atoms with van der Waals surface area (Å²) in [5.41, 5.74) is -0.632. The minimum Gasteiger partial charge on any atom is -0.250 e. The van der Waals surface area contributed by atoms with E-state index in [4.69, 9.17) is 0 Å². The molecule has 2 rings (SSSR count). The first kappa shape index (κ1) is 11.6. The predicted molar refractivity (Wildman–Crippen MR) is 54.5 cm³/mol. The molecule has 0 aliphatic carbocycles. The third-order valence-corrected chi connectivity index (χ3v) is 2.26. The minimum atomic E-state index is -2.74. The van der Waals surface area contributed by atoms with Gasteiger partial charge in [-0.3, -0.25) is 4.98 Å². The van der Waals surface area contributed by atoms with Gasteiger partial charge in [-0.1, -0.05) is 24.3 Å². The van der Waals surface area contributed by atoms with Gasteiger partial charge in [0.05, 0.1) is 6.20 Å². The van der Waals surface area contributed by atoms with Crippen molar-refractivity contribution in [3.8, 4) is 11.3 Å². The summed E-state index contributed by atoms with van der Waals surface area (Å²) in [6, 6.07) is 6.04. The molecule has 0 N–H and O–H groups in total. The Labute approximate surface area is 94.7 Å². The van der Waals surface area contributed by atoms with Gasteiger partial charge in [-0.15, -0.1) is 0 Å². The highest BCUT2D eigenvalue weighted by atomic mass is 19.3. The molecule has 0 aliphatic heterocycles. The van der Waals surface area contributed by atoms with Gasteiger partial charge in [0.25, 0.3) is 6.43 Å². The van der Waals surface area contributed by atoms with Crippen molar-refractivity contribution in [1.82, 2.24) is 4.98 Å². The second-order valence-corrected chi connectivity index (χ2v) is 3.37. The summed E-state index contributed by atoms with van der Waals surface area (Å²) in [5, 5.41) is 0. The Hall–Kier alpha value is -1.91. The average Bonchev–Trinajstić information content (AvgIpc) is 2.29. The number of nitrogens with zero attached hydrogens (tertiary/aromatic N) is 1. The van der Waals surface area contributed by atoms with Crippen LogP contribution >= 0.6 is 0 Å². The summed E-state index contributed by atoms with van der Waals surface area (Å²) in [5.74, 6) is -1.81. The van der Waals surface area contributed by atoms with Crippen molar-refractivity contribution in [3.63, 3.8) is 0 Å². The Bertz CT molecular complexity index is 540. The maximum absolute atomic E-state index is 13.4. The quantitative estimate of drug-likeness (QED) is 0.725. The van der Waals surface area contributed by atoms with E-state index in [1.54, 1.807) is 0 Å². The molecule has 0 saturated heterocycles. The highest BCUT2D eigenvalue weighted by molar-refractivity contribution is 5.64. The van der Waals surface area contributed by atoms with Gasteiger partial charge in [-0.05, 0) is 0 Å². The van der Waals surface area contributed by atoms with Crippen LogP contribution in [0.15, 0.2) is 36.5 Å². The Morgan fingerprint density at radius 2 is 1.76 bits per heavy atom. The molecule has 1 heterocycles. The lowest BCUT2D eigenvalue weighted by Gasteiger charge is -2.08. The standard InChI is InChI=1S/C12H7F4N/c13-7-5-10(14)11(17-6-7)8-3-1-2-4-9(8)12(15)16/h1-6,12H. The fraction of sp³-hybridized carbons (Fsp3) is 0.0833. The van der Waals surface area contributed by atoms with Gasteiger partial charge >= 0.3 is 0 Å². The highest BCUT2D eigenvalue weighted by Gasteiger charge is 2.17. The topological polar surface area (TPSA) is 12.9 Å². The summed E-state index contributed by atoms with van der Waals surface area (Å²) in [7, 11) is 0. The number of benzene rings is 1. The second-order valence-electron chi connectivity index (χ2n) is 3.37. The minimum absolute atomic E-state index is 0.0278. The normalized spacial score (nSPS) is 10.9. The van der Waals surface area contributed by atoms with Crippen LogP contribution in [0, 0.1) is 11.6 Å². The molecule has 0 fully saturated rings. The van der Waals surface area contributed by atoms with Gasteiger partial charge in [0, 0.05) is 17.2 Å². The first-order valence-corrected chi connectivity index (χ1v) is 4.78. The van der Waals surface area contributed by atoms with Crippen LogP contribution in [-0.4, -0.2) is 4.98 Å². The molecule has 5 heteroatoms. The lowest BCUT2D eigenvalue weighted by atomic mass is 10.0. The molecule has 0 spiro atoms. The molecule has 0 bridgehead atoms. The molecule has 1 aromatic heterocycles. The van der Waals surface area contributed by atoms with Gasteiger partial charge in [0.15, 0.2) is 5.82 Å². The summed E-state index contributed by atoms with van der Waals surface area (Å²) in [6.45, 7) is 0. The van der Waals surface area contributed by atoms with Gasteiger partial charge < -0.3 is 0 Å². The molecule has 2 aromatic rings. The molecule has 0 atom stereocenters. The monoisotopic (exact) mass is 241 g/mol. The molecule has 0 unspecified atom stereocenters. The summed E-state index contributed by atoms with van der Waals surface area (Å²) < 4.78 is 51.5. The van der Waals surface area contributed by atoms with E-state index in [2.05, 4.69) is 4.98 Å². The van der Waals surface area contributed by atoms with Gasteiger partial charge in [-0.2, -0.15) is 0 Å². The molecule has 1 nitrogen and oxygen atoms in total. The fourth-order valence-electron chi connectivity index (χ4n) is 1.52. The molecular formula is C12H7F4N. The van der Waals surface area contributed by atoms with Crippen LogP contribution < -0.4 is 0 Å². The molecule has 0 aliphatic rings. The van der Waals surface area contributed by atoms with E-state index in [-0.39, 0.29) is 16.8 Å². The number of aromatic nitrogens is 1. The summed E-state index contributed by atoms with van der Waals surface area (Å²) in [4.78, 5) is 3.51. The van der Waals surface area contributed by atoms with Gasteiger partial charge in [0.2, 0.25) is 0 Å². The van der Waals surface area contributed by atoms with E-state index >= 15 is 0 Å². The SMILES string of the molecule is Fc1cnc(-c2ccccc2C(F)F)c(F)c1. The van der Waals surface area contributed by atoms with E-state index in [1.165, 1.54) is 24.3 Å². The Kier molecular flexibility index (Phi) is 3.08. The maximum Gasteiger partial charge on any atom is 0.264 e. The Morgan fingerprint density at radius 3 is 2.41 bits per heavy atom. The van der Waals surface area contributed by atoms with Crippen molar-refractivity contribution in [2.75, 3.05) is 0 Å². The van der Waals surface area contributed by atoms with Crippen LogP contribution in [0.25, 0.3) is 11.3 Å². The number of halogens is 4. The van der Waals surface area contributed by atoms with Crippen LogP contribution in [0.5, 0.6) is 0 Å². The third-order valence-electron chi connectivity index (χ3n) is 2.26. The Morgan fingerprint density at radius 1 is 1.06 bits per heavy atom. The molecular weight excluding hydrogens is 234 g/mol. The van der Waals surface area contributed by atoms with Crippen molar-refractivity contribution >= 4 is 0 Å². The largest absolute Gasteiger partial charge is 0.264 e. The van der Waals surface area contributed by atoms with E-state index in [0.29, 0.717) is 6.07 Å². The second kappa shape index (κ2) is 4.53. The molecule has 0 radical (unpaired) electrons. The van der Waals surface area contributed by atoms with Crippen LogP contribution in [0.2, 0.25) is 0 Å². The smallest absolute Gasteiger partial charge is 0.250 e. The average molecular weight is 241 g/mol. The van der Waals surface area contributed by atoms with Gasteiger partial charge in [-0.25, -0.2) is 17.6 Å². The van der Waals surface area contributed by atoms with E-state index < -0.39 is 18.1 Å². The fourth-order valence-corrected chi connectivity index (χ4v) is 1.52. The molecule has 17 heavy (non-hydrogen) atoms. The molecule has 0 saturated carbocycles. The summed E-state index contributed by atoms with van der Waals surface area (Å²) in [6.07, 6.45) is -1.95. The predicted octanol–water partition coefficient (Wildman–Crippen LogP) is 3.96. The number of alkyl halides is 2. The first-order valence-electron chi connectivity index (χ1n) is 4.78. The third kappa shape index (κ3) is 2.27. The number of pyridine rings is 1. The summed E-state index contributed by atoms with van der Waals surface area (Å²) >= 11 is 0. The van der Waals surface area contributed by atoms with Gasteiger partial charge in [0.1, 0.15) is 11.5 Å². The van der Waals surface area contributed by atoms with E-state index in [0.717, 1.165) is 6.20 Å². The zero-order valence-electron chi connectivity index (χ0n) is 8.50. The number of rotatable bonds is 2. The van der Waals surface area contributed by atoms with Crippen LogP contribution in [0.1, 0.15) is 12.0 Å². The first-order chi connectivity index (χ1) is 8.09. The van der Waals surface area contributed by atoms with Crippen LogP contribution in [0.3, 0.4) is 0 Å². The Balaban J connectivity index is 2.60. The maximum atomic E-state index is 13.4. The van der Waals surface area contributed by atoms with E-state index in [1.807, 2.05) is 0 Å². The van der Waals surface area contributed by atoms with E-state index in [9.17, 15) is 17.6 Å². The van der Waals surface area contributed by atoms with Crippen molar-refractivity contribution in [2.45, 2.75) is 6.43 Å².